The Morgan fingerprint density at radius 1 is 1.50 bits per heavy atom. The first-order valence-corrected chi connectivity index (χ1v) is 5.08. The Kier molecular flexibility index (Phi) is 4.02. The SMILES string of the molecule is Cc1ccc(NC(=O)CSC#N)cc1. The summed E-state index contributed by atoms with van der Waals surface area (Å²) in [5, 5.41) is 12.8. The highest BCUT2D eigenvalue weighted by molar-refractivity contribution is 8.04. The Bertz CT molecular complexity index is 353. The van der Waals surface area contributed by atoms with Gasteiger partial charge in [-0.3, -0.25) is 4.79 Å². The number of nitrogens with zero attached hydrogens (tertiary/aromatic N) is 1. The van der Waals surface area contributed by atoms with Gasteiger partial charge in [0.05, 0.1) is 5.75 Å². The van der Waals surface area contributed by atoms with Crippen LogP contribution in [0.15, 0.2) is 24.3 Å². The monoisotopic (exact) mass is 206 g/mol. The highest BCUT2D eigenvalue weighted by Crippen LogP contribution is 2.09. The molecule has 0 aliphatic rings. The first-order valence-electron chi connectivity index (χ1n) is 4.10. The van der Waals surface area contributed by atoms with Crippen molar-refractivity contribution in [3.8, 4) is 5.40 Å². The fourth-order valence-corrected chi connectivity index (χ4v) is 1.20. The molecule has 1 N–H and O–H groups in total. The van der Waals surface area contributed by atoms with Gasteiger partial charge in [-0.05, 0) is 30.8 Å². The van der Waals surface area contributed by atoms with Crippen molar-refractivity contribution in [2.75, 3.05) is 11.1 Å². The second-order valence-corrected chi connectivity index (χ2v) is 3.55. The first-order chi connectivity index (χ1) is 6.72. The molecular formula is C10H10N2OS. The molecule has 0 spiro atoms. The molecule has 0 saturated heterocycles. The van der Waals surface area contributed by atoms with Gasteiger partial charge < -0.3 is 5.32 Å². The Balaban J connectivity index is 2.49. The summed E-state index contributed by atoms with van der Waals surface area (Å²) in [5.74, 6) is 0.0186. The molecule has 72 valence electrons. The number of rotatable bonds is 3. The maximum Gasteiger partial charge on any atom is 0.235 e. The van der Waals surface area contributed by atoms with E-state index in [1.165, 1.54) is 0 Å². The molecule has 4 heteroatoms. The lowest BCUT2D eigenvalue weighted by Crippen LogP contribution is -2.13. The number of hydrogen-bond donors (Lipinski definition) is 1. The summed E-state index contributed by atoms with van der Waals surface area (Å²) in [6.07, 6.45) is 0. The average molecular weight is 206 g/mol. The van der Waals surface area contributed by atoms with Crippen molar-refractivity contribution in [1.82, 2.24) is 0 Å². The molecule has 0 bridgehead atoms. The quantitative estimate of drug-likeness (QED) is 0.771. The number of nitriles is 1. The molecule has 1 rings (SSSR count). The van der Waals surface area contributed by atoms with E-state index < -0.39 is 0 Å². The van der Waals surface area contributed by atoms with E-state index in [0.717, 1.165) is 23.0 Å². The third kappa shape index (κ3) is 3.50. The van der Waals surface area contributed by atoms with Crippen LogP contribution in [0, 0.1) is 17.6 Å². The van der Waals surface area contributed by atoms with E-state index >= 15 is 0 Å². The lowest BCUT2D eigenvalue weighted by atomic mass is 10.2. The number of amides is 1. The minimum Gasteiger partial charge on any atom is -0.325 e. The zero-order chi connectivity index (χ0) is 10.4. The number of aryl methyl sites for hydroxylation is 1. The van der Waals surface area contributed by atoms with Crippen LogP contribution in [0.25, 0.3) is 0 Å². The van der Waals surface area contributed by atoms with E-state index in [4.69, 9.17) is 5.26 Å². The van der Waals surface area contributed by atoms with Crippen molar-refractivity contribution >= 4 is 23.4 Å². The molecule has 0 aliphatic heterocycles. The van der Waals surface area contributed by atoms with Crippen LogP contribution in [0.5, 0.6) is 0 Å². The molecule has 3 nitrogen and oxygen atoms in total. The molecule has 1 aromatic rings. The Labute approximate surface area is 87.1 Å². The second kappa shape index (κ2) is 5.30. The van der Waals surface area contributed by atoms with Gasteiger partial charge in [-0.2, -0.15) is 5.26 Å². The third-order valence-corrected chi connectivity index (χ3v) is 2.14. The molecule has 0 atom stereocenters. The second-order valence-electron chi connectivity index (χ2n) is 2.79. The van der Waals surface area contributed by atoms with Gasteiger partial charge in [0.25, 0.3) is 0 Å². The van der Waals surface area contributed by atoms with Crippen LogP contribution in [0.4, 0.5) is 5.69 Å². The Hall–Kier alpha value is -1.47. The normalized spacial score (nSPS) is 9.14. The molecule has 14 heavy (non-hydrogen) atoms. The van der Waals surface area contributed by atoms with E-state index in [1.54, 1.807) is 0 Å². The summed E-state index contributed by atoms with van der Waals surface area (Å²) >= 11 is 0.932. The van der Waals surface area contributed by atoms with E-state index in [2.05, 4.69) is 5.32 Å². The number of nitrogens with one attached hydrogen (secondary N) is 1. The number of carbonyl (C=O) groups excluding carboxylic acids is 1. The Morgan fingerprint density at radius 2 is 2.14 bits per heavy atom. The lowest BCUT2D eigenvalue weighted by molar-refractivity contribution is -0.113. The maximum absolute atomic E-state index is 11.2. The van der Waals surface area contributed by atoms with E-state index in [0.29, 0.717) is 0 Å². The Morgan fingerprint density at radius 3 is 2.71 bits per heavy atom. The van der Waals surface area contributed by atoms with Gasteiger partial charge in [0.15, 0.2) is 0 Å². The molecule has 0 heterocycles. The molecule has 1 aromatic carbocycles. The molecule has 0 aliphatic carbocycles. The molecule has 0 radical (unpaired) electrons. The van der Waals surface area contributed by atoms with Gasteiger partial charge in [-0.15, -0.1) is 0 Å². The van der Waals surface area contributed by atoms with E-state index in [-0.39, 0.29) is 11.7 Å². The van der Waals surface area contributed by atoms with Crippen molar-refractivity contribution < 1.29 is 4.79 Å². The predicted molar refractivity (Wildman–Crippen MR) is 57.9 cm³/mol. The van der Waals surface area contributed by atoms with Crippen molar-refractivity contribution in [3.63, 3.8) is 0 Å². The topological polar surface area (TPSA) is 52.9 Å². The zero-order valence-corrected chi connectivity index (χ0v) is 8.60. The van der Waals surface area contributed by atoms with Crippen LogP contribution < -0.4 is 5.32 Å². The number of carbonyl (C=O) groups is 1. The average Bonchev–Trinajstić information content (AvgIpc) is 2.18. The third-order valence-electron chi connectivity index (χ3n) is 1.60. The van der Waals surface area contributed by atoms with Gasteiger partial charge in [0.2, 0.25) is 5.91 Å². The van der Waals surface area contributed by atoms with Crippen molar-refractivity contribution in [2.45, 2.75) is 6.92 Å². The van der Waals surface area contributed by atoms with Crippen LogP contribution >= 0.6 is 11.8 Å². The number of thiocyanates is 1. The number of anilines is 1. The zero-order valence-electron chi connectivity index (χ0n) is 7.78. The van der Waals surface area contributed by atoms with Gasteiger partial charge in [0.1, 0.15) is 5.40 Å². The standard InChI is InChI=1S/C10H10N2OS/c1-8-2-4-9(5-3-8)12-10(13)6-14-7-11/h2-5H,6H2,1H3,(H,12,13). The smallest absolute Gasteiger partial charge is 0.235 e. The predicted octanol–water partition coefficient (Wildman–Crippen LogP) is 2.15. The fraction of sp³-hybridized carbons (Fsp3) is 0.200. The molecule has 1 amide bonds. The molecule has 0 aromatic heterocycles. The summed E-state index contributed by atoms with van der Waals surface area (Å²) in [6.45, 7) is 1.98. The van der Waals surface area contributed by atoms with Crippen molar-refractivity contribution in [2.24, 2.45) is 0 Å². The number of benzene rings is 1. The highest BCUT2D eigenvalue weighted by Gasteiger charge is 2.01. The van der Waals surface area contributed by atoms with Crippen LogP contribution in [0.3, 0.4) is 0 Å². The van der Waals surface area contributed by atoms with Crippen LogP contribution in [0.2, 0.25) is 0 Å². The summed E-state index contributed by atoms with van der Waals surface area (Å²) in [4.78, 5) is 11.2. The summed E-state index contributed by atoms with van der Waals surface area (Å²) in [6, 6.07) is 7.52. The van der Waals surface area contributed by atoms with Crippen molar-refractivity contribution in [3.05, 3.63) is 29.8 Å². The van der Waals surface area contributed by atoms with Crippen LogP contribution in [-0.2, 0) is 4.79 Å². The number of hydrogen-bond acceptors (Lipinski definition) is 3. The van der Waals surface area contributed by atoms with Crippen LogP contribution in [0.1, 0.15) is 5.56 Å². The van der Waals surface area contributed by atoms with Gasteiger partial charge in [-0.25, -0.2) is 0 Å². The van der Waals surface area contributed by atoms with Gasteiger partial charge >= 0.3 is 0 Å². The summed E-state index contributed by atoms with van der Waals surface area (Å²) in [7, 11) is 0. The van der Waals surface area contributed by atoms with E-state index in [9.17, 15) is 4.79 Å². The minimum absolute atomic E-state index is 0.152. The summed E-state index contributed by atoms with van der Waals surface area (Å²) < 4.78 is 0. The first kappa shape index (κ1) is 10.6. The summed E-state index contributed by atoms with van der Waals surface area (Å²) in [5.41, 5.74) is 1.91. The molecule has 0 fully saturated rings. The minimum atomic E-state index is -0.152. The lowest BCUT2D eigenvalue weighted by Gasteiger charge is -2.02. The highest BCUT2D eigenvalue weighted by atomic mass is 32.2. The van der Waals surface area contributed by atoms with Gasteiger partial charge in [-0.1, -0.05) is 17.7 Å². The fourth-order valence-electron chi connectivity index (χ4n) is 0.932. The van der Waals surface area contributed by atoms with Crippen LogP contribution in [-0.4, -0.2) is 11.7 Å². The van der Waals surface area contributed by atoms with Gasteiger partial charge in [0, 0.05) is 5.69 Å². The van der Waals surface area contributed by atoms with E-state index in [1.807, 2.05) is 36.6 Å². The molecular weight excluding hydrogens is 196 g/mol. The molecule has 0 saturated carbocycles. The van der Waals surface area contributed by atoms with Crippen molar-refractivity contribution in [1.29, 1.82) is 5.26 Å². The maximum atomic E-state index is 11.2. The largest absolute Gasteiger partial charge is 0.325 e. The number of thioether (sulfide) groups is 1. The molecule has 0 unspecified atom stereocenters.